The van der Waals surface area contributed by atoms with E-state index >= 15 is 0 Å². The predicted octanol–water partition coefficient (Wildman–Crippen LogP) is 9.62. The highest BCUT2D eigenvalue weighted by Gasteiger charge is 2.12. The van der Waals surface area contributed by atoms with E-state index in [1.165, 1.54) is 128 Å². The Labute approximate surface area is 236 Å². The first-order valence-electron chi connectivity index (χ1n) is 16.6. The van der Waals surface area contributed by atoms with E-state index in [2.05, 4.69) is 13.8 Å². The minimum Gasteiger partial charge on any atom is -0.463 e. The molecule has 0 aliphatic carbocycles. The predicted molar refractivity (Wildman–Crippen MR) is 159 cm³/mol. The molecular formula is C33H64O5. The zero-order valence-electron chi connectivity index (χ0n) is 25.5. The summed E-state index contributed by atoms with van der Waals surface area (Å²) in [6.07, 6.45) is 30.0. The lowest BCUT2D eigenvalue weighted by molar-refractivity contribution is -0.152. The molecule has 0 aromatic carbocycles. The zero-order valence-corrected chi connectivity index (χ0v) is 25.5. The SMILES string of the molecule is CCCCCCCCCCCCCCCCC(=O)OC[C@@H](O)COC(=O)CCCCCCCCCCCC. The molecule has 0 aliphatic rings. The van der Waals surface area contributed by atoms with Gasteiger partial charge in [-0.1, -0.05) is 155 Å². The lowest BCUT2D eigenvalue weighted by atomic mass is 10.0. The summed E-state index contributed by atoms with van der Waals surface area (Å²) in [5.74, 6) is -0.558. The fraction of sp³-hybridized carbons (Fsp3) is 0.939. The average Bonchev–Trinajstić information content (AvgIpc) is 2.92. The Balaban J connectivity index is 3.40. The van der Waals surface area contributed by atoms with Gasteiger partial charge in [-0.25, -0.2) is 0 Å². The second kappa shape index (κ2) is 30.4. The van der Waals surface area contributed by atoms with Gasteiger partial charge in [0, 0.05) is 12.8 Å². The minimum atomic E-state index is -0.952. The molecule has 0 heterocycles. The van der Waals surface area contributed by atoms with E-state index in [0.717, 1.165) is 25.7 Å². The summed E-state index contributed by atoms with van der Waals surface area (Å²) in [4.78, 5) is 23.7. The van der Waals surface area contributed by atoms with Gasteiger partial charge in [0.15, 0.2) is 0 Å². The van der Waals surface area contributed by atoms with Gasteiger partial charge in [0.1, 0.15) is 19.3 Å². The highest BCUT2D eigenvalue weighted by Crippen LogP contribution is 2.14. The van der Waals surface area contributed by atoms with Gasteiger partial charge in [0.25, 0.3) is 0 Å². The number of hydrogen-bond donors (Lipinski definition) is 1. The molecule has 1 atom stereocenters. The van der Waals surface area contributed by atoms with E-state index in [1.807, 2.05) is 0 Å². The first kappa shape index (κ1) is 36.9. The van der Waals surface area contributed by atoms with E-state index < -0.39 is 6.10 Å². The van der Waals surface area contributed by atoms with E-state index in [4.69, 9.17) is 9.47 Å². The summed E-state index contributed by atoms with van der Waals surface area (Å²) in [6.45, 7) is 4.29. The van der Waals surface area contributed by atoms with Crippen LogP contribution in [0.5, 0.6) is 0 Å². The third kappa shape index (κ3) is 29.5. The van der Waals surface area contributed by atoms with Gasteiger partial charge in [-0.15, -0.1) is 0 Å². The molecule has 0 saturated carbocycles. The smallest absolute Gasteiger partial charge is 0.305 e. The van der Waals surface area contributed by atoms with Gasteiger partial charge in [0.05, 0.1) is 0 Å². The second-order valence-electron chi connectivity index (χ2n) is 11.3. The van der Waals surface area contributed by atoms with Crippen molar-refractivity contribution < 1.29 is 24.2 Å². The van der Waals surface area contributed by atoms with Crippen molar-refractivity contribution >= 4 is 11.9 Å². The molecule has 0 aromatic heterocycles. The van der Waals surface area contributed by atoms with Crippen molar-refractivity contribution in [1.82, 2.24) is 0 Å². The van der Waals surface area contributed by atoms with Gasteiger partial charge in [-0.2, -0.15) is 0 Å². The maximum Gasteiger partial charge on any atom is 0.305 e. The van der Waals surface area contributed by atoms with E-state index in [1.54, 1.807) is 0 Å². The fourth-order valence-electron chi connectivity index (χ4n) is 4.79. The maximum absolute atomic E-state index is 11.9. The van der Waals surface area contributed by atoms with Crippen LogP contribution in [0, 0.1) is 0 Å². The molecule has 0 fully saturated rings. The summed E-state index contributed by atoms with van der Waals surface area (Å²) in [6, 6.07) is 0. The van der Waals surface area contributed by atoms with Crippen molar-refractivity contribution in [2.45, 2.75) is 187 Å². The molecule has 0 bridgehead atoms. The number of rotatable bonds is 30. The van der Waals surface area contributed by atoms with Crippen molar-refractivity contribution in [3.05, 3.63) is 0 Å². The van der Waals surface area contributed by atoms with E-state index in [-0.39, 0.29) is 25.2 Å². The number of ether oxygens (including phenoxy) is 2. The van der Waals surface area contributed by atoms with Crippen molar-refractivity contribution in [2.75, 3.05) is 13.2 Å². The monoisotopic (exact) mass is 540 g/mol. The molecule has 0 amide bonds. The summed E-state index contributed by atoms with van der Waals surface area (Å²) >= 11 is 0. The van der Waals surface area contributed by atoms with Crippen LogP contribution < -0.4 is 0 Å². The first-order valence-corrected chi connectivity index (χ1v) is 16.6. The van der Waals surface area contributed by atoms with Crippen LogP contribution >= 0.6 is 0 Å². The molecule has 0 unspecified atom stereocenters. The summed E-state index contributed by atoms with van der Waals surface area (Å²) in [5, 5.41) is 9.93. The first-order chi connectivity index (χ1) is 18.6. The lowest BCUT2D eigenvalue weighted by Crippen LogP contribution is -2.25. The molecule has 0 aromatic rings. The Morgan fingerprint density at radius 1 is 0.447 bits per heavy atom. The van der Waals surface area contributed by atoms with Crippen LogP contribution in [0.15, 0.2) is 0 Å². The zero-order chi connectivity index (χ0) is 27.9. The molecule has 5 heteroatoms. The lowest BCUT2D eigenvalue weighted by Gasteiger charge is -2.12. The molecule has 0 radical (unpaired) electrons. The van der Waals surface area contributed by atoms with Gasteiger partial charge in [-0.05, 0) is 12.8 Å². The highest BCUT2D eigenvalue weighted by molar-refractivity contribution is 5.69. The van der Waals surface area contributed by atoms with Gasteiger partial charge in [-0.3, -0.25) is 9.59 Å². The number of aliphatic hydroxyl groups excluding tert-OH is 1. The minimum absolute atomic E-state index is 0.108. The van der Waals surface area contributed by atoms with E-state index in [0.29, 0.717) is 12.8 Å². The molecule has 5 nitrogen and oxygen atoms in total. The molecule has 1 N–H and O–H groups in total. The van der Waals surface area contributed by atoms with Crippen LogP contribution in [0.3, 0.4) is 0 Å². The van der Waals surface area contributed by atoms with Gasteiger partial charge >= 0.3 is 11.9 Å². The van der Waals surface area contributed by atoms with Crippen molar-refractivity contribution in [1.29, 1.82) is 0 Å². The van der Waals surface area contributed by atoms with Crippen LogP contribution in [0.2, 0.25) is 0 Å². The van der Waals surface area contributed by atoms with Crippen molar-refractivity contribution in [3.8, 4) is 0 Å². The number of carbonyl (C=O) groups excluding carboxylic acids is 2. The Morgan fingerprint density at radius 3 is 0.947 bits per heavy atom. The Kier molecular flexibility index (Phi) is 29.6. The molecule has 0 aliphatic heterocycles. The Hall–Kier alpha value is -1.10. The van der Waals surface area contributed by atoms with Crippen LogP contribution in [-0.2, 0) is 19.1 Å². The third-order valence-electron chi connectivity index (χ3n) is 7.34. The summed E-state index contributed by atoms with van der Waals surface area (Å²) in [5.41, 5.74) is 0. The number of carbonyl (C=O) groups is 2. The standard InChI is InChI=1S/C33H64O5/c1-3-5-7-9-11-13-15-16-17-18-20-22-24-26-28-33(36)38-30-31(34)29-37-32(35)27-25-23-21-19-14-12-10-8-6-4-2/h31,34H,3-30H2,1-2H3/t31-/m0/s1. The molecule has 226 valence electrons. The van der Waals surface area contributed by atoms with Crippen LogP contribution in [0.4, 0.5) is 0 Å². The van der Waals surface area contributed by atoms with Crippen LogP contribution in [0.1, 0.15) is 181 Å². The van der Waals surface area contributed by atoms with Crippen molar-refractivity contribution in [2.24, 2.45) is 0 Å². The van der Waals surface area contributed by atoms with Crippen LogP contribution in [0.25, 0.3) is 0 Å². The average molecular weight is 541 g/mol. The largest absolute Gasteiger partial charge is 0.463 e. The van der Waals surface area contributed by atoms with Gasteiger partial charge in [0.2, 0.25) is 0 Å². The normalized spacial score (nSPS) is 12.0. The maximum atomic E-state index is 11.9. The quantitative estimate of drug-likeness (QED) is 0.0725. The van der Waals surface area contributed by atoms with Crippen molar-refractivity contribution in [3.63, 3.8) is 0 Å². The molecular weight excluding hydrogens is 476 g/mol. The fourth-order valence-corrected chi connectivity index (χ4v) is 4.79. The summed E-state index contributed by atoms with van der Waals surface area (Å²) in [7, 11) is 0. The van der Waals surface area contributed by atoms with E-state index in [9.17, 15) is 14.7 Å². The topological polar surface area (TPSA) is 72.8 Å². The molecule has 38 heavy (non-hydrogen) atoms. The number of hydrogen-bond acceptors (Lipinski definition) is 5. The third-order valence-corrected chi connectivity index (χ3v) is 7.34. The number of unbranched alkanes of at least 4 members (excludes halogenated alkanes) is 22. The molecule has 0 saturated heterocycles. The second-order valence-corrected chi connectivity index (χ2v) is 11.3. The molecule has 0 rings (SSSR count). The molecule has 0 spiro atoms. The Morgan fingerprint density at radius 2 is 0.684 bits per heavy atom. The number of esters is 2. The highest BCUT2D eigenvalue weighted by atomic mass is 16.6. The number of aliphatic hydroxyl groups is 1. The Bertz CT molecular complexity index is 508. The summed E-state index contributed by atoms with van der Waals surface area (Å²) < 4.78 is 10.3. The van der Waals surface area contributed by atoms with Crippen LogP contribution in [-0.4, -0.2) is 36.4 Å². The van der Waals surface area contributed by atoms with Gasteiger partial charge < -0.3 is 14.6 Å².